The number of pyridine rings is 1. The fraction of sp³-hybridized carbons (Fsp3) is 0.294. The number of nitrogens with one attached hydrogen (secondary N) is 2. The van der Waals surface area contributed by atoms with E-state index in [-0.39, 0.29) is 10.0 Å². The third-order valence-electron chi connectivity index (χ3n) is 3.94. The Hall–Kier alpha value is -2.27. The molecule has 1 fully saturated rings. The summed E-state index contributed by atoms with van der Waals surface area (Å²) in [5.74, 6) is 0.443. The smallest absolute Gasteiger partial charge is 0.245 e. The first-order valence-corrected chi connectivity index (χ1v) is 10.1. The van der Waals surface area contributed by atoms with Crippen molar-refractivity contribution >= 4 is 38.7 Å². The first kappa shape index (κ1) is 19.5. The van der Waals surface area contributed by atoms with Crippen molar-refractivity contribution in [3.8, 4) is 5.75 Å². The Morgan fingerprint density at radius 1 is 1.26 bits per heavy atom. The van der Waals surface area contributed by atoms with Gasteiger partial charge < -0.3 is 20.1 Å². The number of ether oxygens (including phenoxy) is 2. The van der Waals surface area contributed by atoms with Crippen molar-refractivity contribution in [3.05, 3.63) is 42.7 Å². The number of hydrogen-bond acceptors (Lipinski definition) is 6. The molecular formula is C17H20N4O4S2. The molecule has 3 rings (SSSR count). The second-order valence-corrected chi connectivity index (χ2v) is 8.01. The number of methoxy groups -OCH3 is 1. The number of aromatic nitrogens is 1. The minimum absolute atomic E-state index is 0.0964. The molecule has 0 bridgehead atoms. The van der Waals surface area contributed by atoms with Gasteiger partial charge in [-0.05, 0) is 36.5 Å². The molecule has 2 heterocycles. The number of anilines is 2. The normalized spacial score (nSPS) is 15.1. The maximum Gasteiger partial charge on any atom is 0.245 e. The van der Waals surface area contributed by atoms with Gasteiger partial charge in [-0.25, -0.2) is 8.42 Å². The number of benzene rings is 1. The van der Waals surface area contributed by atoms with Gasteiger partial charge in [0, 0.05) is 25.4 Å². The summed E-state index contributed by atoms with van der Waals surface area (Å²) in [6.45, 7) is 1.34. The van der Waals surface area contributed by atoms with E-state index in [9.17, 15) is 8.42 Å². The SMILES string of the molecule is COc1ccc(NC(=S)Nc2cccnc2)c(S(=O)(=O)N2CCOCC2)c1. The average molecular weight is 409 g/mol. The predicted molar refractivity (Wildman–Crippen MR) is 107 cm³/mol. The van der Waals surface area contributed by atoms with Crippen LogP contribution in [0.25, 0.3) is 0 Å². The zero-order chi connectivity index (χ0) is 19.3. The van der Waals surface area contributed by atoms with E-state index in [1.165, 1.54) is 17.5 Å². The van der Waals surface area contributed by atoms with Crippen LogP contribution in [0.15, 0.2) is 47.6 Å². The van der Waals surface area contributed by atoms with Gasteiger partial charge in [0.05, 0.1) is 37.9 Å². The van der Waals surface area contributed by atoms with Gasteiger partial charge >= 0.3 is 0 Å². The molecule has 8 nitrogen and oxygen atoms in total. The summed E-state index contributed by atoms with van der Waals surface area (Å²) < 4.78 is 38.1. The first-order chi connectivity index (χ1) is 13.0. The highest BCUT2D eigenvalue weighted by Gasteiger charge is 2.29. The van der Waals surface area contributed by atoms with Crippen LogP contribution in [0.2, 0.25) is 0 Å². The summed E-state index contributed by atoms with van der Waals surface area (Å²) in [5, 5.41) is 6.19. The van der Waals surface area contributed by atoms with Crippen LogP contribution in [0.3, 0.4) is 0 Å². The molecule has 1 aliphatic heterocycles. The fourth-order valence-corrected chi connectivity index (χ4v) is 4.39. The number of hydrogen-bond donors (Lipinski definition) is 2. The van der Waals surface area contributed by atoms with Crippen LogP contribution in [-0.4, -0.2) is 56.2 Å². The van der Waals surface area contributed by atoms with Crippen LogP contribution in [0.1, 0.15) is 0 Å². The number of nitrogens with zero attached hydrogens (tertiary/aromatic N) is 2. The van der Waals surface area contributed by atoms with Gasteiger partial charge in [0.1, 0.15) is 10.6 Å². The summed E-state index contributed by atoms with van der Waals surface area (Å²) in [5.41, 5.74) is 1.06. The summed E-state index contributed by atoms with van der Waals surface area (Å²) in [6, 6.07) is 8.36. The van der Waals surface area contributed by atoms with E-state index >= 15 is 0 Å². The molecular weight excluding hydrogens is 388 g/mol. The van der Waals surface area contributed by atoms with Gasteiger partial charge in [0.25, 0.3) is 0 Å². The highest BCUT2D eigenvalue weighted by Crippen LogP contribution is 2.29. The minimum atomic E-state index is -3.73. The second kappa shape index (κ2) is 8.61. The molecule has 27 heavy (non-hydrogen) atoms. The molecule has 10 heteroatoms. The van der Waals surface area contributed by atoms with Crippen molar-refractivity contribution in [2.24, 2.45) is 0 Å². The van der Waals surface area contributed by atoms with Gasteiger partial charge in [-0.3, -0.25) is 4.98 Å². The van der Waals surface area contributed by atoms with E-state index < -0.39 is 10.0 Å². The molecule has 0 unspecified atom stereocenters. The molecule has 1 aromatic carbocycles. The third-order valence-corrected chi connectivity index (χ3v) is 6.09. The van der Waals surface area contributed by atoms with E-state index in [1.54, 1.807) is 36.7 Å². The highest BCUT2D eigenvalue weighted by atomic mass is 32.2. The molecule has 1 aromatic heterocycles. The molecule has 2 N–H and O–H groups in total. The number of rotatable bonds is 5. The summed E-state index contributed by atoms with van der Waals surface area (Å²) in [7, 11) is -2.24. The van der Waals surface area contributed by atoms with Gasteiger partial charge in [-0.2, -0.15) is 4.31 Å². The van der Waals surface area contributed by atoms with E-state index in [0.717, 1.165) is 0 Å². The van der Waals surface area contributed by atoms with Crippen LogP contribution >= 0.6 is 12.2 Å². The fourth-order valence-electron chi connectivity index (χ4n) is 2.59. The van der Waals surface area contributed by atoms with Crippen molar-refractivity contribution in [2.45, 2.75) is 4.90 Å². The molecule has 0 radical (unpaired) electrons. The van der Waals surface area contributed by atoms with Gasteiger partial charge in [-0.1, -0.05) is 0 Å². The summed E-state index contributed by atoms with van der Waals surface area (Å²) in [6.07, 6.45) is 3.27. The van der Waals surface area contributed by atoms with E-state index in [0.29, 0.717) is 43.4 Å². The van der Waals surface area contributed by atoms with Gasteiger partial charge in [0.2, 0.25) is 10.0 Å². The largest absolute Gasteiger partial charge is 0.497 e. The molecule has 0 spiro atoms. The van der Waals surface area contributed by atoms with Crippen molar-refractivity contribution in [1.29, 1.82) is 0 Å². The van der Waals surface area contributed by atoms with Crippen molar-refractivity contribution in [3.63, 3.8) is 0 Å². The number of thiocarbonyl (C=S) groups is 1. The Kier molecular flexibility index (Phi) is 6.22. The van der Waals surface area contributed by atoms with Gasteiger partial charge in [-0.15, -0.1) is 0 Å². The Balaban J connectivity index is 1.87. The van der Waals surface area contributed by atoms with Crippen LogP contribution in [-0.2, 0) is 14.8 Å². The van der Waals surface area contributed by atoms with E-state index in [1.807, 2.05) is 0 Å². The van der Waals surface area contributed by atoms with E-state index in [4.69, 9.17) is 21.7 Å². The lowest BCUT2D eigenvalue weighted by molar-refractivity contribution is 0.0730. The van der Waals surface area contributed by atoms with Crippen molar-refractivity contribution < 1.29 is 17.9 Å². The predicted octanol–water partition coefficient (Wildman–Crippen LogP) is 1.92. The van der Waals surface area contributed by atoms with E-state index in [2.05, 4.69) is 15.6 Å². The quantitative estimate of drug-likeness (QED) is 0.725. The minimum Gasteiger partial charge on any atom is -0.497 e. The molecule has 0 saturated carbocycles. The summed E-state index contributed by atoms with van der Waals surface area (Å²) in [4.78, 5) is 4.10. The third kappa shape index (κ3) is 4.72. The Labute approximate surface area is 163 Å². The number of sulfonamides is 1. The lowest BCUT2D eigenvalue weighted by Crippen LogP contribution is -2.41. The average Bonchev–Trinajstić information content (AvgIpc) is 2.69. The van der Waals surface area contributed by atoms with Crippen LogP contribution in [0.5, 0.6) is 5.75 Å². The topological polar surface area (TPSA) is 92.8 Å². The van der Waals surface area contributed by atoms with Gasteiger partial charge in [0.15, 0.2) is 5.11 Å². The lowest BCUT2D eigenvalue weighted by Gasteiger charge is -2.27. The molecule has 0 amide bonds. The molecule has 144 valence electrons. The lowest BCUT2D eigenvalue weighted by atomic mass is 10.3. The molecule has 1 saturated heterocycles. The Morgan fingerprint density at radius 3 is 2.70 bits per heavy atom. The van der Waals surface area contributed by atoms with Crippen LogP contribution in [0, 0.1) is 0 Å². The zero-order valence-corrected chi connectivity index (χ0v) is 16.3. The molecule has 2 aromatic rings. The number of morpholine rings is 1. The molecule has 1 aliphatic rings. The monoisotopic (exact) mass is 408 g/mol. The maximum absolute atomic E-state index is 13.1. The standard InChI is InChI=1S/C17H20N4O4S2/c1-24-14-4-5-15(20-17(26)19-13-3-2-6-18-12-13)16(11-14)27(22,23)21-7-9-25-10-8-21/h2-6,11-12H,7-10H2,1H3,(H2,19,20,26). The Morgan fingerprint density at radius 2 is 2.04 bits per heavy atom. The first-order valence-electron chi connectivity index (χ1n) is 8.24. The Bertz CT molecular complexity index is 900. The highest BCUT2D eigenvalue weighted by molar-refractivity contribution is 7.89. The van der Waals surface area contributed by atoms with Crippen LogP contribution < -0.4 is 15.4 Å². The second-order valence-electron chi connectivity index (χ2n) is 5.70. The maximum atomic E-state index is 13.1. The molecule has 0 aliphatic carbocycles. The van der Waals surface area contributed by atoms with Crippen molar-refractivity contribution in [1.82, 2.24) is 9.29 Å². The van der Waals surface area contributed by atoms with Crippen molar-refractivity contribution in [2.75, 3.05) is 44.0 Å². The molecule has 0 atom stereocenters. The van der Waals surface area contributed by atoms with Crippen LogP contribution in [0.4, 0.5) is 11.4 Å². The zero-order valence-electron chi connectivity index (χ0n) is 14.7. The summed E-state index contributed by atoms with van der Waals surface area (Å²) >= 11 is 5.31.